The molecular formula is C16H9ClF2N2OS. The maximum atomic E-state index is 13.1. The van der Waals surface area contributed by atoms with Crippen molar-refractivity contribution in [2.45, 2.75) is 0 Å². The molecule has 0 fully saturated rings. The third-order valence-electron chi connectivity index (χ3n) is 2.96. The average molecular weight is 351 g/mol. The molecule has 0 aliphatic carbocycles. The van der Waals surface area contributed by atoms with Crippen LogP contribution >= 0.6 is 22.9 Å². The Bertz CT molecular complexity index is 845. The van der Waals surface area contributed by atoms with Gasteiger partial charge in [0, 0.05) is 27.7 Å². The SMILES string of the molecule is O=C(Nc1cc(F)cc(F)c1)c1nc(-c2ccc(Cl)cc2)cs1. The third-order valence-corrected chi connectivity index (χ3v) is 4.05. The van der Waals surface area contributed by atoms with E-state index < -0.39 is 17.5 Å². The zero-order chi connectivity index (χ0) is 16.4. The predicted molar refractivity (Wildman–Crippen MR) is 86.9 cm³/mol. The summed E-state index contributed by atoms with van der Waals surface area (Å²) in [5.41, 5.74) is 1.49. The first-order valence-corrected chi connectivity index (χ1v) is 7.76. The van der Waals surface area contributed by atoms with Gasteiger partial charge in [-0.15, -0.1) is 11.3 Å². The number of nitrogens with zero attached hydrogens (tertiary/aromatic N) is 1. The molecular weight excluding hydrogens is 342 g/mol. The van der Waals surface area contributed by atoms with Crippen molar-refractivity contribution in [3.05, 3.63) is 69.5 Å². The standard InChI is InChI=1S/C16H9ClF2N2OS/c17-10-3-1-9(2-4-10)14-8-23-16(21-14)15(22)20-13-6-11(18)5-12(19)7-13/h1-8H,(H,20,22). The minimum absolute atomic E-state index is 0.0377. The Balaban J connectivity index is 1.79. The molecule has 3 nitrogen and oxygen atoms in total. The summed E-state index contributed by atoms with van der Waals surface area (Å²) < 4.78 is 26.2. The van der Waals surface area contributed by atoms with E-state index in [0.717, 1.165) is 35.1 Å². The van der Waals surface area contributed by atoms with Crippen LogP contribution in [0.25, 0.3) is 11.3 Å². The quantitative estimate of drug-likeness (QED) is 0.722. The molecule has 23 heavy (non-hydrogen) atoms. The van der Waals surface area contributed by atoms with E-state index >= 15 is 0 Å². The van der Waals surface area contributed by atoms with E-state index in [2.05, 4.69) is 10.3 Å². The second-order valence-electron chi connectivity index (χ2n) is 4.66. The van der Waals surface area contributed by atoms with Gasteiger partial charge in [-0.3, -0.25) is 4.79 Å². The van der Waals surface area contributed by atoms with Crippen molar-refractivity contribution >= 4 is 34.5 Å². The van der Waals surface area contributed by atoms with Crippen molar-refractivity contribution in [3.8, 4) is 11.3 Å². The average Bonchev–Trinajstić information content (AvgIpc) is 2.97. The molecule has 0 radical (unpaired) electrons. The molecule has 0 spiro atoms. The molecule has 1 amide bonds. The Morgan fingerprint density at radius 3 is 2.39 bits per heavy atom. The van der Waals surface area contributed by atoms with Gasteiger partial charge in [0.25, 0.3) is 5.91 Å². The van der Waals surface area contributed by atoms with Crippen LogP contribution in [0.15, 0.2) is 47.8 Å². The molecule has 0 aliphatic heterocycles. The molecule has 1 heterocycles. The van der Waals surface area contributed by atoms with Gasteiger partial charge in [0.1, 0.15) is 11.6 Å². The number of thiazole rings is 1. The molecule has 0 unspecified atom stereocenters. The zero-order valence-corrected chi connectivity index (χ0v) is 13.1. The third kappa shape index (κ3) is 3.72. The van der Waals surface area contributed by atoms with Crippen LogP contribution in [0.5, 0.6) is 0 Å². The number of halogens is 3. The van der Waals surface area contributed by atoms with E-state index in [1.807, 2.05) is 0 Å². The number of hydrogen-bond acceptors (Lipinski definition) is 3. The number of amides is 1. The van der Waals surface area contributed by atoms with Crippen molar-refractivity contribution in [2.75, 3.05) is 5.32 Å². The second kappa shape index (κ2) is 6.44. The molecule has 116 valence electrons. The van der Waals surface area contributed by atoms with Crippen LogP contribution in [0.2, 0.25) is 5.02 Å². The minimum atomic E-state index is -0.763. The van der Waals surface area contributed by atoms with Gasteiger partial charge in [-0.2, -0.15) is 0 Å². The van der Waals surface area contributed by atoms with Crippen LogP contribution < -0.4 is 5.32 Å². The van der Waals surface area contributed by atoms with Crippen molar-refractivity contribution in [2.24, 2.45) is 0 Å². The minimum Gasteiger partial charge on any atom is -0.320 e. The summed E-state index contributed by atoms with van der Waals surface area (Å²) in [5.74, 6) is -2.05. The van der Waals surface area contributed by atoms with Gasteiger partial charge in [0.2, 0.25) is 0 Å². The highest BCUT2D eigenvalue weighted by Crippen LogP contribution is 2.24. The number of rotatable bonds is 3. The highest BCUT2D eigenvalue weighted by molar-refractivity contribution is 7.12. The molecule has 3 aromatic rings. The van der Waals surface area contributed by atoms with Gasteiger partial charge in [-0.1, -0.05) is 23.7 Å². The molecule has 2 aromatic carbocycles. The Hall–Kier alpha value is -2.31. The van der Waals surface area contributed by atoms with Crippen LogP contribution in [0, 0.1) is 11.6 Å². The highest BCUT2D eigenvalue weighted by Gasteiger charge is 2.13. The summed E-state index contributed by atoms with van der Waals surface area (Å²) in [6.07, 6.45) is 0. The largest absolute Gasteiger partial charge is 0.320 e. The number of carbonyl (C=O) groups excluding carboxylic acids is 1. The first kappa shape index (κ1) is 15.6. The van der Waals surface area contributed by atoms with Crippen molar-refractivity contribution < 1.29 is 13.6 Å². The molecule has 3 rings (SSSR count). The molecule has 0 bridgehead atoms. The Morgan fingerprint density at radius 1 is 1.09 bits per heavy atom. The number of carbonyl (C=O) groups is 1. The number of anilines is 1. The Kier molecular flexibility index (Phi) is 4.36. The lowest BCUT2D eigenvalue weighted by Crippen LogP contribution is -2.11. The van der Waals surface area contributed by atoms with E-state index in [-0.39, 0.29) is 10.7 Å². The second-order valence-corrected chi connectivity index (χ2v) is 5.95. The molecule has 1 aromatic heterocycles. The Labute approximate surface area is 139 Å². The van der Waals surface area contributed by atoms with E-state index in [1.165, 1.54) is 0 Å². The van der Waals surface area contributed by atoms with E-state index in [1.54, 1.807) is 29.6 Å². The maximum absolute atomic E-state index is 13.1. The van der Waals surface area contributed by atoms with Crippen LogP contribution in [-0.2, 0) is 0 Å². The van der Waals surface area contributed by atoms with Crippen LogP contribution in [-0.4, -0.2) is 10.9 Å². The molecule has 0 saturated carbocycles. The first-order valence-electron chi connectivity index (χ1n) is 6.50. The summed E-state index contributed by atoms with van der Waals surface area (Å²) in [5, 5.41) is 4.95. The Morgan fingerprint density at radius 2 is 1.74 bits per heavy atom. The number of hydrogen-bond donors (Lipinski definition) is 1. The molecule has 7 heteroatoms. The predicted octanol–water partition coefficient (Wildman–Crippen LogP) is 4.99. The monoisotopic (exact) mass is 350 g/mol. The molecule has 0 saturated heterocycles. The molecule has 0 aliphatic rings. The van der Waals surface area contributed by atoms with Crippen molar-refractivity contribution in [3.63, 3.8) is 0 Å². The van der Waals surface area contributed by atoms with Gasteiger partial charge < -0.3 is 5.32 Å². The normalized spacial score (nSPS) is 10.6. The fourth-order valence-corrected chi connectivity index (χ4v) is 2.79. The summed E-state index contributed by atoms with van der Waals surface area (Å²) >= 11 is 6.97. The highest BCUT2D eigenvalue weighted by atomic mass is 35.5. The van der Waals surface area contributed by atoms with Gasteiger partial charge in [0.05, 0.1) is 5.69 Å². The van der Waals surface area contributed by atoms with Crippen LogP contribution in [0.1, 0.15) is 9.80 Å². The first-order chi connectivity index (χ1) is 11.0. The van der Waals surface area contributed by atoms with Crippen molar-refractivity contribution in [1.29, 1.82) is 0 Å². The van der Waals surface area contributed by atoms with Gasteiger partial charge in [0.15, 0.2) is 5.01 Å². The van der Waals surface area contributed by atoms with E-state index in [9.17, 15) is 13.6 Å². The smallest absolute Gasteiger partial charge is 0.284 e. The summed E-state index contributed by atoms with van der Waals surface area (Å²) in [6, 6.07) is 9.85. The number of benzene rings is 2. The van der Waals surface area contributed by atoms with Crippen LogP contribution in [0.4, 0.5) is 14.5 Å². The molecule has 1 N–H and O–H groups in total. The van der Waals surface area contributed by atoms with E-state index in [0.29, 0.717) is 10.7 Å². The molecule has 0 atom stereocenters. The topological polar surface area (TPSA) is 42.0 Å². The van der Waals surface area contributed by atoms with E-state index in [4.69, 9.17) is 11.6 Å². The maximum Gasteiger partial charge on any atom is 0.284 e. The lowest BCUT2D eigenvalue weighted by molar-refractivity contribution is 0.102. The summed E-state index contributed by atoms with van der Waals surface area (Å²) in [6.45, 7) is 0. The number of nitrogens with one attached hydrogen (secondary N) is 1. The summed E-state index contributed by atoms with van der Waals surface area (Å²) in [7, 11) is 0. The fraction of sp³-hybridized carbons (Fsp3) is 0. The van der Waals surface area contributed by atoms with Crippen molar-refractivity contribution in [1.82, 2.24) is 4.98 Å². The zero-order valence-electron chi connectivity index (χ0n) is 11.5. The van der Waals surface area contributed by atoms with Crippen LogP contribution in [0.3, 0.4) is 0 Å². The van der Waals surface area contributed by atoms with Gasteiger partial charge in [-0.25, -0.2) is 13.8 Å². The van der Waals surface area contributed by atoms with Gasteiger partial charge in [-0.05, 0) is 24.3 Å². The van der Waals surface area contributed by atoms with Gasteiger partial charge >= 0.3 is 0 Å². The lowest BCUT2D eigenvalue weighted by atomic mass is 10.2. The lowest BCUT2D eigenvalue weighted by Gasteiger charge is -2.03. The number of aromatic nitrogens is 1. The summed E-state index contributed by atoms with van der Waals surface area (Å²) in [4.78, 5) is 16.3. The fourth-order valence-electron chi connectivity index (χ4n) is 1.94.